The van der Waals surface area contributed by atoms with Gasteiger partial charge in [0.1, 0.15) is 0 Å². The Labute approximate surface area is 91.5 Å². The third kappa shape index (κ3) is 3.91. The van der Waals surface area contributed by atoms with Gasteiger partial charge in [-0.15, -0.1) is 0 Å². The van der Waals surface area contributed by atoms with Crippen LogP contribution in [0.25, 0.3) is 0 Å². The van der Waals surface area contributed by atoms with Gasteiger partial charge in [-0.1, -0.05) is 12.1 Å². The molecule has 1 atom stereocenters. The molecule has 0 radical (unpaired) electrons. The van der Waals surface area contributed by atoms with E-state index in [0.717, 1.165) is 0 Å². The van der Waals surface area contributed by atoms with Gasteiger partial charge in [0.05, 0.1) is 11.6 Å². The first kappa shape index (κ1) is 12.5. The summed E-state index contributed by atoms with van der Waals surface area (Å²) >= 11 is 0. The van der Waals surface area contributed by atoms with Gasteiger partial charge in [0, 0.05) is 12.5 Å². The summed E-state index contributed by atoms with van der Waals surface area (Å²) in [6.45, 7) is 0. The third-order valence-electron chi connectivity index (χ3n) is 2.18. The minimum atomic E-state index is -4.19. The highest BCUT2D eigenvalue weighted by molar-refractivity contribution is 5.34. The zero-order chi connectivity index (χ0) is 12.2. The fourth-order valence-electron chi connectivity index (χ4n) is 1.32. The first-order valence-corrected chi connectivity index (χ1v) is 4.75. The van der Waals surface area contributed by atoms with Crippen LogP contribution in [0.2, 0.25) is 0 Å². The quantitative estimate of drug-likeness (QED) is 0.864. The van der Waals surface area contributed by atoms with Gasteiger partial charge in [-0.2, -0.15) is 18.4 Å². The van der Waals surface area contributed by atoms with Crippen molar-refractivity contribution in [2.24, 2.45) is 5.73 Å². The molecule has 86 valence electrons. The molecular formula is C11H11F3N2. The summed E-state index contributed by atoms with van der Waals surface area (Å²) in [7, 11) is 0. The molecule has 2 N–H and O–H groups in total. The Balaban J connectivity index is 2.66. The van der Waals surface area contributed by atoms with Crippen LogP contribution >= 0.6 is 0 Å². The van der Waals surface area contributed by atoms with Crippen molar-refractivity contribution in [3.05, 3.63) is 35.4 Å². The molecule has 1 aromatic carbocycles. The smallest absolute Gasteiger partial charge is 0.324 e. The highest BCUT2D eigenvalue weighted by Crippen LogP contribution is 2.26. The summed E-state index contributed by atoms with van der Waals surface area (Å²) in [5.74, 6) is 0. The molecule has 5 heteroatoms. The van der Waals surface area contributed by atoms with E-state index >= 15 is 0 Å². The monoisotopic (exact) mass is 228 g/mol. The summed E-state index contributed by atoms with van der Waals surface area (Å²) in [5, 5.41) is 8.63. The van der Waals surface area contributed by atoms with Crippen LogP contribution in [0.4, 0.5) is 13.2 Å². The van der Waals surface area contributed by atoms with Crippen molar-refractivity contribution in [2.75, 3.05) is 0 Å². The lowest BCUT2D eigenvalue weighted by molar-refractivity contribution is -0.136. The predicted molar refractivity (Wildman–Crippen MR) is 53.4 cm³/mol. The molecule has 1 aromatic rings. The fraction of sp³-hybridized carbons (Fsp3) is 0.364. The molecule has 0 saturated heterocycles. The summed E-state index contributed by atoms with van der Waals surface area (Å²) in [6, 6.07) is 7.57. The first-order chi connectivity index (χ1) is 7.42. The molecule has 1 rings (SSSR count). The van der Waals surface area contributed by atoms with Gasteiger partial charge in [0.25, 0.3) is 0 Å². The topological polar surface area (TPSA) is 49.8 Å². The second-order valence-electron chi connectivity index (χ2n) is 3.50. The van der Waals surface area contributed by atoms with E-state index in [1.807, 2.05) is 6.07 Å². The lowest BCUT2D eigenvalue weighted by Crippen LogP contribution is -2.15. The summed E-state index contributed by atoms with van der Waals surface area (Å²) in [6.07, 6.45) is -5.27. The van der Waals surface area contributed by atoms with E-state index in [1.54, 1.807) is 18.2 Å². The van der Waals surface area contributed by atoms with Crippen molar-refractivity contribution in [3.8, 4) is 6.07 Å². The van der Waals surface area contributed by atoms with Gasteiger partial charge in [-0.05, 0) is 24.1 Å². The number of halogens is 3. The fourth-order valence-corrected chi connectivity index (χ4v) is 1.32. The van der Waals surface area contributed by atoms with Crippen molar-refractivity contribution in [1.82, 2.24) is 0 Å². The standard InChI is InChI=1S/C11H11F3N2/c12-11(13,14)5-4-10(16)9-3-1-2-8(6-9)7-15/h1-3,6,10H,4-5,16H2/t10-/m0/s1. The van der Waals surface area contributed by atoms with Crippen LogP contribution in [0.15, 0.2) is 24.3 Å². The molecule has 0 aliphatic rings. The van der Waals surface area contributed by atoms with Gasteiger partial charge in [0.15, 0.2) is 0 Å². The molecule has 0 spiro atoms. The van der Waals surface area contributed by atoms with E-state index in [2.05, 4.69) is 0 Å². The zero-order valence-electron chi connectivity index (χ0n) is 8.46. The number of hydrogen-bond donors (Lipinski definition) is 1. The molecule has 0 aliphatic carbocycles. The van der Waals surface area contributed by atoms with Crippen LogP contribution < -0.4 is 5.73 Å². The highest BCUT2D eigenvalue weighted by Gasteiger charge is 2.27. The van der Waals surface area contributed by atoms with Crippen LogP contribution in [0.3, 0.4) is 0 Å². The normalized spacial score (nSPS) is 13.2. The predicted octanol–water partition coefficient (Wildman–Crippen LogP) is 2.90. The Bertz CT molecular complexity index is 393. The van der Waals surface area contributed by atoms with Gasteiger partial charge in [-0.3, -0.25) is 0 Å². The molecule has 0 aliphatic heterocycles. The Morgan fingerprint density at radius 3 is 2.62 bits per heavy atom. The summed E-state index contributed by atoms with van der Waals surface area (Å²) in [5.41, 5.74) is 6.58. The van der Waals surface area contributed by atoms with Gasteiger partial charge in [-0.25, -0.2) is 0 Å². The molecule has 0 aromatic heterocycles. The lowest BCUT2D eigenvalue weighted by Gasteiger charge is -2.13. The van der Waals surface area contributed by atoms with Gasteiger partial charge in [0.2, 0.25) is 0 Å². The number of nitrogens with two attached hydrogens (primary N) is 1. The average Bonchev–Trinajstić information content (AvgIpc) is 2.25. The van der Waals surface area contributed by atoms with Crippen LogP contribution in [0.1, 0.15) is 30.0 Å². The number of benzene rings is 1. The number of nitriles is 1. The SMILES string of the molecule is N#Cc1cccc([C@@H](N)CCC(F)(F)F)c1. The maximum atomic E-state index is 12.0. The Morgan fingerprint density at radius 1 is 1.38 bits per heavy atom. The number of hydrogen-bond acceptors (Lipinski definition) is 2. The molecule has 0 heterocycles. The number of rotatable bonds is 3. The molecule has 0 saturated carbocycles. The van der Waals surface area contributed by atoms with E-state index in [1.165, 1.54) is 6.07 Å². The van der Waals surface area contributed by atoms with Crippen LogP contribution in [0, 0.1) is 11.3 Å². The van der Waals surface area contributed by atoms with Crippen molar-refractivity contribution in [3.63, 3.8) is 0 Å². The molecule has 0 unspecified atom stereocenters. The molecule has 0 amide bonds. The maximum absolute atomic E-state index is 12.0. The average molecular weight is 228 g/mol. The van der Waals surface area contributed by atoms with E-state index in [4.69, 9.17) is 11.0 Å². The minimum absolute atomic E-state index is 0.168. The van der Waals surface area contributed by atoms with E-state index in [9.17, 15) is 13.2 Å². The Kier molecular flexibility index (Phi) is 3.91. The molecule has 0 fully saturated rings. The molecule has 16 heavy (non-hydrogen) atoms. The minimum Gasteiger partial charge on any atom is -0.324 e. The second kappa shape index (κ2) is 4.99. The Hall–Kier alpha value is -1.54. The third-order valence-corrected chi connectivity index (χ3v) is 2.18. The number of nitrogens with zero attached hydrogens (tertiary/aromatic N) is 1. The maximum Gasteiger partial charge on any atom is 0.389 e. The van der Waals surface area contributed by atoms with Gasteiger partial charge < -0.3 is 5.73 Å². The van der Waals surface area contributed by atoms with Gasteiger partial charge >= 0.3 is 6.18 Å². The first-order valence-electron chi connectivity index (χ1n) is 4.75. The molecular weight excluding hydrogens is 217 g/mol. The molecule has 2 nitrogen and oxygen atoms in total. The second-order valence-corrected chi connectivity index (χ2v) is 3.50. The van der Waals surface area contributed by atoms with Crippen molar-refractivity contribution in [1.29, 1.82) is 5.26 Å². The van der Waals surface area contributed by atoms with Crippen LogP contribution in [0.5, 0.6) is 0 Å². The summed E-state index contributed by atoms with van der Waals surface area (Å²) in [4.78, 5) is 0. The van der Waals surface area contributed by atoms with Crippen molar-refractivity contribution in [2.45, 2.75) is 25.1 Å². The van der Waals surface area contributed by atoms with E-state index in [0.29, 0.717) is 11.1 Å². The van der Waals surface area contributed by atoms with Crippen molar-refractivity contribution < 1.29 is 13.2 Å². The van der Waals surface area contributed by atoms with Crippen molar-refractivity contribution >= 4 is 0 Å². The zero-order valence-corrected chi connectivity index (χ0v) is 8.46. The summed E-state index contributed by atoms with van der Waals surface area (Å²) < 4.78 is 35.9. The van der Waals surface area contributed by atoms with E-state index in [-0.39, 0.29) is 6.42 Å². The number of alkyl halides is 3. The Morgan fingerprint density at radius 2 is 2.06 bits per heavy atom. The largest absolute Gasteiger partial charge is 0.389 e. The highest BCUT2D eigenvalue weighted by atomic mass is 19.4. The van der Waals surface area contributed by atoms with E-state index < -0.39 is 18.6 Å². The van der Waals surface area contributed by atoms with Crippen LogP contribution in [-0.4, -0.2) is 6.18 Å². The lowest BCUT2D eigenvalue weighted by atomic mass is 10.0. The van der Waals surface area contributed by atoms with Crippen LogP contribution in [-0.2, 0) is 0 Å². The molecule has 0 bridgehead atoms.